The number of hydrogen-bond donors (Lipinski definition) is 0. The average Bonchev–Trinajstić information content (AvgIpc) is 2.59. The highest BCUT2D eigenvalue weighted by molar-refractivity contribution is 9.10. The number of rotatable bonds is 6. The van der Waals surface area contributed by atoms with Gasteiger partial charge in [0.2, 0.25) is 6.10 Å². The molecule has 0 bridgehead atoms. The van der Waals surface area contributed by atoms with Gasteiger partial charge in [0, 0.05) is 29.0 Å². The molecule has 0 unspecified atom stereocenters. The molecule has 4 nitrogen and oxygen atoms in total. The first-order valence-electron chi connectivity index (χ1n) is 7.31. The number of carbonyl (C=O) groups excluding carboxylic acids is 2. The number of thioether (sulfide) groups is 1. The largest absolute Gasteiger partial charge is 0.447 e. The van der Waals surface area contributed by atoms with Gasteiger partial charge in [-0.25, -0.2) is 0 Å². The second-order valence-electron chi connectivity index (χ2n) is 5.26. The molecule has 1 atom stereocenters. The normalized spacial score (nSPS) is 11.6. The number of halogens is 1. The third-order valence-corrected chi connectivity index (χ3v) is 4.70. The Morgan fingerprint density at radius 1 is 1.08 bits per heavy atom. The first-order chi connectivity index (χ1) is 11.5. The monoisotopic (exact) mass is 407 g/mol. The van der Waals surface area contributed by atoms with E-state index in [0.717, 1.165) is 9.37 Å². The molecule has 6 heteroatoms. The maximum Gasteiger partial charge on any atom is 0.317 e. The number of nitrogens with zero attached hydrogens (tertiary/aromatic N) is 1. The van der Waals surface area contributed by atoms with Crippen LogP contribution in [0.2, 0.25) is 0 Å². The van der Waals surface area contributed by atoms with E-state index in [1.807, 2.05) is 42.5 Å². The van der Waals surface area contributed by atoms with Crippen molar-refractivity contribution >= 4 is 39.6 Å². The van der Waals surface area contributed by atoms with Crippen LogP contribution in [0.3, 0.4) is 0 Å². The number of esters is 1. The Morgan fingerprint density at radius 3 is 2.29 bits per heavy atom. The molecule has 1 amide bonds. The van der Waals surface area contributed by atoms with E-state index in [-0.39, 0.29) is 11.7 Å². The summed E-state index contributed by atoms with van der Waals surface area (Å²) in [5, 5.41) is 0. The molecule has 0 N–H and O–H groups in total. The molecular formula is C18H18BrNO3S. The highest BCUT2D eigenvalue weighted by atomic mass is 79.9. The summed E-state index contributed by atoms with van der Waals surface area (Å²) in [7, 11) is 3.28. The topological polar surface area (TPSA) is 46.6 Å². The van der Waals surface area contributed by atoms with Gasteiger partial charge >= 0.3 is 5.97 Å². The smallest absolute Gasteiger partial charge is 0.317 e. The second-order valence-corrected chi connectivity index (χ2v) is 7.22. The van der Waals surface area contributed by atoms with Crippen LogP contribution >= 0.6 is 27.7 Å². The van der Waals surface area contributed by atoms with E-state index in [1.165, 1.54) is 16.7 Å². The first-order valence-corrected chi connectivity index (χ1v) is 9.09. The molecular weight excluding hydrogens is 390 g/mol. The summed E-state index contributed by atoms with van der Waals surface area (Å²) in [5.74, 6) is -0.541. The van der Waals surface area contributed by atoms with Crippen LogP contribution in [0.25, 0.3) is 0 Å². The Kier molecular flexibility index (Phi) is 6.87. The molecule has 0 saturated carbocycles. The Bertz CT molecular complexity index is 689. The molecule has 0 fully saturated rings. The lowest BCUT2D eigenvalue weighted by atomic mass is 10.1. The minimum Gasteiger partial charge on any atom is -0.447 e. The third-order valence-electron chi connectivity index (χ3n) is 3.19. The maximum atomic E-state index is 12.3. The van der Waals surface area contributed by atoms with Crippen molar-refractivity contribution in [1.82, 2.24) is 4.90 Å². The summed E-state index contributed by atoms with van der Waals surface area (Å²) in [6, 6.07) is 16.7. The minimum absolute atomic E-state index is 0.145. The fourth-order valence-electron chi connectivity index (χ4n) is 1.96. The summed E-state index contributed by atoms with van der Waals surface area (Å²) in [5.41, 5.74) is 0.665. The van der Waals surface area contributed by atoms with Gasteiger partial charge in [0.15, 0.2) is 0 Å². The van der Waals surface area contributed by atoms with Crippen molar-refractivity contribution in [3.8, 4) is 0 Å². The van der Waals surface area contributed by atoms with Crippen LogP contribution in [0.1, 0.15) is 11.7 Å². The summed E-state index contributed by atoms with van der Waals surface area (Å²) in [6.45, 7) is 0. The van der Waals surface area contributed by atoms with Gasteiger partial charge in [-0.3, -0.25) is 9.59 Å². The fourth-order valence-corrected chi connectivity index (χ4v) is 2.91. The van der Waals surface area contributed by atoms with Crippen LogP contribution in [0.15, 0.2) is 64.0 Å². The SMILES string of the molecule is CN(C)C(=O)[C@@H](OC(=O)CSc1ccc(Br)cc1)c1ccccc1. The zero-order chi connectivity index (χ0) is 17.5. The van der Waals surface area contributed by atoms with Crippen LogP contribution in [-0.2, 0) is 14.3 Å². The molecule has 24 heavy (non-hydrogen) atoms. The van der Waals surface area contributed by atoms with Crippen molar-refractivity contribution in [3.05, 3.63) is 64.6 Å². The van der Waals surface area contributed by atoms with Crippen molar-refractivity contribution in [2.45, 2.75) is 11.0 Å². The molecule has 0 aliphatic heterocycles. The van der Waals surface area contributed by atoms with Crippen LogP contribution in [-0.4, -0.2) is 36.6 Å². The van der Waals surface area contributed by atoms with Crippen LogP contribution < -0.4 is 0 Å². The molecule has 0 aliphatic rings. The van der Waals surface area contributed by atoms with Gasteiger partial charge in [0.25, 0.3) is 5.91 Å². The molecule has 126 valence electrons. The van der Waals surface area contributed by atoms with Crippen molar-refractivity contribution in [1.29, 1.82) is 0 Å². The van der Waals surface area contributed by atoms with Crippen molar-refractivity contribution < 1.29 is 14.3 Å². The summed E-state index contributed by atoms with van der Waals surface area (Å²) >= 11 is 4.74. The fraction of sp³-hybridized carbons (Fsp3) is 0.222. The number of benzene rings is 2. The van der Waals surface area contributed by atoms with Crippen LogP contribution in [0.5, 0.6) is 0 Å². The van der Waals surface area contributed by atoms with E-state index >= 15 is 0 Å². The second kappa shape index (κ2) is 8.89. The van der Waals surface area contributed by atoms with Crippen LogP contribution in [0.4, 0.5) is 0 Å². The van der Waals surface area contributed by atoms with Gasteiger partial charge in [-0.05, 0) is 24.3 Å². The van der Waals surface area contributed by atoms with Gasteiger partial charge < -0.3 is 9.64 Å². The lowest BCUT2D eigenvalue weighted by Crippen LogP contribution is -2.31. The Balaban J connectivity index is 2.02. The molecule has 0 aromatic heterocycles. The Morgan fingerprint density at radius 2 is 1.71 bits per heavy atom. The predicted octanol–water partition coefficient (Wildman–Crippen LogP) is 3.91. The molecule has 0 spiro atoms. The third kappa shape index (κ3) is 5.39. The van der Waals surface area contributed by atoms with Gasteiger partial charge in [0.1, 0.15) is 0 Å². The standard InChI is InChI=1S/C18H18BrNO3S/c1-20(2)18(22)17(13-6-4-3-5-7-13)23-16(21)12-24-15-10-8-14(19)9-11-15/h3-11,17H,12H2,1-2H3/t17-/m0/s1. The van der Waals surface area contributed by atoms with E-state index in [0.29, 0.717) is 5.56 Å². The van der Waals surface area contributed by atoms with Gasteiger partial charge in [0.05, 0.1) is 5.75 Å². The minimum atomic E-state index is -0.917. The lowest BCUT2D eigenvalue weighted by Gasteiger charge is -2.21. The van der Waals surface area contributed by atoms with Gasteiger partial charge in [-0.1, -0.05) is 46.3 Å². The first kappa shape index (κ1) is 18.5. The maximum absolute atomic E-state index is 12.3. The molecule has 2 aromatic rings. The quantitative estimate of drug-likeness (QED) is 0.537. The average molecular weight is 408 g/mol. The predicted molar refractivity (Wildman–Crippen MR) is 98.8 cm³/mol. The van der Waals surface area contributed by atoms with E-state index in [4.69, 9.17) is 4.74 Å². The van der Waals surface area contributed by atoms with E-state index < -0.39 is 12.1 Å². The van der Waals surface area contributed by atoms with E-state index in [1.54, 1.807) is 26.2 Å². The van der Waals surface area contributed by atoms with Gasteiger partial charge in [-0.15, -0.1) is 11.8 Å². The highest BCUT2D eigenvalue weighted by Crippen LogP contribution is 2.23. The van der Waals surface area contributed by atoms with Crippen molar-refractivity contribution in [2.75, 3.05) is 19.8 Å². The highest BCUT2D eigenvalue weighted by Gasteiger charge is 2.26. The molecule has 0 saturated heterocycles. The Hall–Kier alpha value is -1.79. The molecule has 2 aromatic carbocycles. The number of amides is 1. The zero-order valence-electron chi connectivity index (χ0n) is 13.4. The van der Waals surface area contributed by atoms with Crippen LogP contribution in [0, 0.1) is 0 Å². The van der Waals surface area contributed by atoms with Gasteiger partial charge in [-0.2, -0.15) is 0 Å². The van der Waals surface area contributed by atoms with E-state index in [9.17, 15) is 9.59 Å². The summed E-state index contributed by atoms with van der Waals surface area (Å²) in [4.78, 5) is 26.9. The van der Waals surface area contributed by atoms with Crippen molar-refractivity contribution in [3.63, 3.8) is 0 Å². The molecule has 0 heterocycles. The zero-order valence-corrected chi connectivity index (χ0v) is 15.8. The molecule has 0 aliphatic carbocycles. The number of carbonyl (C=O) groups is 2. The summed E-state index contributed by atoms with van der Waals surface area (Å²) < 4.78 is 6.43. The Labute approximate surface area is 154 Å². The molecule has 0 radical (unpaired) electrons. The number of hydrogen-bond acceptors (Lipinski definition) is 4. The lowest BCUT2D eigenvalue weighted by molar-refractivity contribution is -0.157. The number of ether oxygens (including phenoxy) is 1. The summed E-state index contributed by atoms with van der Waals surface area (Å²) in [6.07, 6.45) is -0.917. The molecule has 2 rings (SSSR count). The van der Waals surface area contributed by atoms with Crippen molar-refractivity contribution in [2.24, 2.45) is 0 Å². The number of likely N-dealkylation sites (N-methyl/N-ethyl adjacent to an activating group) is 1. The van der Waals surface area contributed by atoms with E-state index in [2.05, 4.69) is 15.9 Å².